The first-order valence-corrected chi connectivity index (χ1v) is 7.96. The van der Waals surface area contributed by atoms with E-state index in [4.69, 9.17) is 16.3 Å². The smallest absolute Gasteiger partial charge is 0.226 e. The minimum absolute atomic E-state index is 0.0468. The van der Waals surface area contributed by atoms with Crippen LogP contribution in [0.2, 0.25) is 5.28 Å². The number of pyridine rings is 1. The Morgan fingerprint density at radius 3 is 2.64 bits per heavy atom. The third-order valence-corrected chi connectivity index (χ3v) is 3.89. The molecule has 0 amide bonds. The van der Waals surface area contributed by atoms with Gasteiger partial charge in [-0.15, -0.1) is 0 Å². The highest BCUT2D eigenvalue weighted by Crippen LogP contribution is 2.28. The van der Waals surface area contributed by atoms with E-state index < -0.39 is 23.5 Å². The van der Waals surface area contributed by atoms with Crippen LogP contribution in [0.3, 0.4) is 0 Å². The molecule has 0 spiro atoms. The van der Waals surface area contributed by atoms with Gasteiger partial charge in [0.25, 0.3) is 0 Å². The van der Waals surface area contributed by atoms with Crippen molar-refractivity contribution in [2.24, 2.45) is 0 Å². The summed E-state index contributed by atoms with van der Waals surface area (Å²) in [5, 5.41) is 2.57. The molecule has 25 heavy (non-hydrogen) atoms. The fraction of sp³-hybridized carbons (Fsp3) is 0.400. The molecule has 0 bridgehead atoms. The van der Waals surface area contributed by atoms with E-state index in [0.29, 0.717) is 32.4 Å². The quantitative estimate of drug-likeness (QED) is 0.831. The zero-order chi connectivity index (χ0) is 18.0. The van der Waals surface area contributed by atoms with Gasteiger partial charge in [-0.05, 0) is 18.5 Å². The van der Waals surface area contributed by atoms with Gasteiger partial charge < -0.3 is 15.0 Å². The van der Waals surface area contributed by atoms with Crippen LogP contribution < -0.4 is 10.2 Å². The average molecular weight is 374 g/mol. The number of ether oxygens (including phenoxy) is 1. The highest BCUT2D eigenvalue weighted by molar-refractivity contribution is 6.28. The van der Waals surface area contributed by atoms with Gasteiger partial charge in [-0.1, -0.05) is 0 Å². The summed E-state index contributed by atoms with van der Waals surface area (Å²) in [5.74, 6) is -2.47. The van der Waals surface area contributed by atoms with Crippen LogP contribution in [0, 0.1) is 17.5 Å². The van der Waals surface area contributed by atoms with Gasteiger partial charge in [0.15, 0.2) is 11.6 Å². The Labute approximate surface area is 147 Å². The first-order valence-electron chi connectivity index (χ1n) is 7.59. The van der Waals surface area contributed by atoms with Crippen molar-refractivity contribution in [3.8, 4) is 0 Å². The first-order chi connectivity index (χ1) is 12.0. The maximum absolute atomic E-state index is 14.8. The second-order valence-corrected chi connectivity index (χ2v) is 5.80. The second kappa shape index (κ2) is 7.40. The maximum atomic E-state index is 14.8. The fourth-order valence-electron chi connectivity index (χ4n) is 2.51. The van der Waals surface area contributed by atoms with E-state index in [-0.39, 0.29) is 22.6 Å². The molecule has 3 rings (SSSR count). The zero-order valence-corrected chi connectivity index (χ0v) is 14.0. The van der Waals surface area contributed by atoms with Crippen molar-refractivity contribution in [1.82, 2.24) is 15.0 Å². The standard InChI is InChI=1S/C15H15ClF3N5O/c1-8(12-10(18)6-9(17)7-20-12)21-13-11(19)14(23-15(16)22-13)24-2-4-25-5-3-24/h6-8H,2-5H2,1H3,(H,21,22,23)/t8-/m0/s1. The number of rotatable bonds is 4. The molecule has 3 heterocycles. The number of morpholine rings is 1. The van der Waals surface area contributed by atoms with Crippen LogP contribution in [0.15, 0.2) is 12.3 Å². The maximum Gasteiger partial charge on any atom is 0.226 e. The van der Waals surface area contributed by atoms with Crippen LogP contribution in [-0.2, 0) is 4.74 Å². The summed E-state index contributed by atoms with van der Waals surface area (Å²) in [6.45, 7) is 3.38. The molecule has 1 aliphatic heterocycles. The molecule has 6 nitrogen and oxygen atoms in total. The number of anilines is 2. The van der Waals surface area contributed by atoms with Crippen LogP contribution >= 0.6 is 11.6 Å². The highest BCUT2D eigenvalue weighted by Gasteiger charge is 2.23. The lowest BCUT2D eigenvalue weighted by Crippen LogP contribution is -2.37. The van der Waals surface area contributed by atoms with Crippen LogP contribution in [0.25, 0.3) is 0 Å². The Morgan fingerprint density at radius 2 is 1.96 bits per heavy atom. The SMILES string of the molecule is C[C@H](Nc1nc(Cl)nc(N2CCOCC2)c1F)c1ncc(F)cc1F. The summed E-state index contributed by atoms with van der Waals surface area (Å²) >= 11 is 5.90. The number of hydrogen-bond donors (Lipinski definition) is 1. The molecular formula is C15H15ClF3N5O. The summed E-state index contributed by atoms with van der Waals surface area (Å²) < 4.78 is 46.8. The Balaban J connectivity index is 1.87. The molecule has 0 unspecified atom stereocenters. The third kappa shape index (κ3) is 3.93. The van der Waals surface area contributed by atoms with Crippen molar-refractivity contribution in [2.75, 3.05) is 36.5 Å². The van der Waals surface area contributed by atoms with E-state index in [1.165, 1.54) is 0 Å². The van der Waals surface area contributed by atoms with Crippen molar-refractivity contribution < 1.29 is 17.9 Å². The molecule has 1 saturated heterocycles. The van der Waals surface area contributed by atoms with E-state index in [9.17, 15) is 13.2 Å². The molecule has 0 aliphatic carbocycles. The lowest BCUT2D eigenvalue weighted by Gasteiger charge is -2.28. The van der Waals surface area contributed by atoms with Gasteiger partial charge in [-0.2, -0.15) is 14.4 Å². The number of aromatic nitrogens is 3. The third-order valence-electron chi connectivity index (χ3n) is 3.72. The average Bonchev–Trinajstić information content (AvgIpc) is 2.58. The van der Waals surface area contributed by atoms with Crippen LogP contribution in [0.4, 0.5) is 24.8 Å². The van der Waals surface area contributed by atoms with Crippen LogP contribution in [0.5, 0.6) is 0 Å². The predicted molar refractivity (Wildman–Crippen MR) is 86.2 cm³/mol. The topological polar surface area (TPSA) is 63.2 Å². The summed E-state index contributed by atoms with van der Waals surface area (Å²) in [5.41, 5.74) is -0.0662. The monoisotopic (exact) mass is 373 g/mol. The van der Waals surface area contributed by atoms with Gasteiger partial charge in [0.05, 0.1) is 31.1 Å². The Bertz CT molecular complexity index is 773. The van der Waals surface area contributed by atoms with Gasteiger partial charge >= 0.3 is 0 Å². The molecule has 1 aliphatic rings. The lowest BCUT2D eigenvalue weighted by molar-refractivity contribution is 0.122. The molecule has 0 aromatic carbocycles. The highest BCUT2D eigenvalue weighted by atomic mass is 35.5. The van der Waals surface area contributed by atoms with Gasteiger partial charge in [0.2, 0.25) is 11.1 Å². The summed E-state index contributed by atoms with van der Waals surface area (Å²) in [7, 11) is 0. The van der Waals surface area contributed by atoms with Crippen molar-refractivity contribution in [2.45, 2.75) is 13.0 Å². The van der Waals surface area contributed by atoms with Gasteiger partial charge in [-0.25, -0.2) is 8.78 Å². The number of hydrogen-bond acceptors (Lipinski definition) is 6. The summed E-state index contributed by atoms with van der Waals surface area (Å²) in [4.78, 5) is 13.2. The second-order valence-electron chi connectivity index (χ2n) is 5.46. The molecule has 2 aromatic rings. The van der Waals surface area contributed by atoms with Crippen molar-refractivity contribution >= 4 is 23.2 Å². The van der Waals surface area contributed by atoms with Gasteiger partial charge in [0, 0.05) is 19.2 Å². The van der Waals surface area contributed by atoms with E-state index in [1.54, 1.807) is 11.8 Å². The molecular weight excluding hydrogens is 359 g/mol. The largest absolute Gasteiger partial charge is 0.378 e. The molecule has 1 atom stereocenters. The molecule has 1 fully saturated rings. The van der Waals surface area contributed by atoms with Gasteiger partial charge in [-0.3, -0.25) is 4.98 Å². The minimum Gasteiger partial charge on any atom is -0.378 e. The molecule has 10 heteroatoms. The molecule has 0 radical (unpaired) electrons. The molecule has 134 valence electrons. The fourth-order valence-corrected chi connectivity index (χ4v) is 2.67. The van der Waals surface area contributed by atoms with Crippen LogP contribution in [0.1, 0.15) is 18.7 Å². The molecule has 0 saturated carbocycles. The lowest BCUT2D eigenvalue weighted by atomic mass is 10.2. The zero-order valence-electron chi connectivity index (χ0n) is 13.3. The van der Waals surface area contributed by atoms with Crippen molar-refractivity contribution in [3.05, 3.63) is 40.7 Å². The van der Waals surface area contributed by atoms with Crippen LogP contribution in [-0.4, -0.2) is 41.3 Å². The Kier molecular flexibility index (Phi) is 5.24. The van der Waals surface area contributed by atoms with E-state index in [1.807, 2.05) is 0 Å². The predicted octanol–water partition coefficient (Wildman–Crippen LogP) is 2.95. The summed E-state index contributed by atoms with van der Waals surface area (Å²) in [6.07, 6.45) is 0.888. The van der Waals surface area contributed by atoms with E-state index in [0.717, 1.165) is 6.20 Å². The Hall–Kier alpha value is -2.13. The van der Waals surface area contributed by atoms with Gasteiger partial charge in [0.1, 0.15) is 11.6 Å². The molecule has 1 N–H and O–H groups in total. The number of nitrogens with one attached hydrogen (secondary N) is 1. The first kappa shape index (κ1) is 17.7. The number of nitrogens with zero attached hydrogens (tertiary/aromatic N) is 4. The number of halogens is 4. The van der Waals surface area contributed by atoms with Crippen molar-refractivity contribution in [1.29, 1.82) is 0 Å². The normalized spacial score (nSPS) is 16.0. The minimum atomic E-state index is -0.839. The van der Waals surface area contributed by atoms with E-state index in [2.05, 4.69) is 20.3 Å². The Morgan fingerprint density at radius 1 is 1.24 bits per heavy atom. The summed E-state index contributed by atoms with van der Waals surface area (Å²) in [6, 6.07) is -0.0539. The van der Waals surface area contributed by atoms with E-state index >= 15 is 0 Å². The van der Waals surface area contributed by atoms with Crippen molar-refractivity contribution in [3.63, 3.8) is 0 Å². The molecule has 2 aromatic heterocycles.